The van der Waals surface area contributed by atoms with E-state index in [2.05, 4.69) is 15.6 Å². The fourth-order valence-corrected chi connectivity index (χ4v) is 2.93. The van der Waals surface area contributed by atoms with Gasteiger partial charge in [0.2, 0.25) is 6.79 Å². The topological polar surface area (TPSA) is 75.7 Å². The minimum Gasteiger partial charge on any atom is -0.454 e. The fourth-order valence-electron chi connectivity index (χ4n) is 2.93. The average molecular weight is 390 g/mol. The lowest BCUT2D eigenvalue weighted by Gasteiger charge is -2.13. The lowest BCUT2D eigenvalue weighted by molar-refractivity contribution is 0.102. The van der Waals surface area contributed by atoms with Crippen molar-refractivity contribution in [2.45, 2.75) is 6.54 Å². The number of amides is 1. The van der Waals surface area contributed by atoms with Gasteiger partial charge in [-0.2, -0.15) is 0 Å². The van der Waals surface area contributed by atoms with E-state index in [1.807, 2.05) is 67.5 Å². The first-order valence-corrected chi connectivity index (χ1v) is 9.26. The van der Waals surface area contributed by atoms with Crippen LogP contribution in [0.5, 0.6) is 11.5 Å². The summed E-state index contributed by atoms with van der Waals surface area (Å²) in [4.78, 5) is 18.7. The number of pyridine rings is 1. The Morgan fingerprint density at radius 1 is 1.00 bits per heavy atom. The van der Waals surface area contributed by atoms with E-state index in [1.165, 1.54) is 0 Å². The third kappa shape index (κ3) is 4.40. The van der Waals surface area contributed by atoms with Crippen LogP contribution in [0.2, 0.25) is 0 Å². The summed E-state index contributed by atoms with van der Waals surface area (Å²) in [5.74, 6) is 1.28. The molecule has 148 valence electrons. The molecule has 1 aromatic heterocycles. The maximum atomic E-state index is 12.4. The summed E-state index contributed by atoms with van der Waals surface area (Å²) in [5.41, 5.74) is 4.05. The molecule has 1 aliphatic heterocycles. The Labute approximate surface area is 169 Å². The molecule has 0 fully saturated rings. The van der Waals surface area contributed by atoms with E-state index in [4.69, 9.17) is 9.47 Å². The Morgan fingerprint density at radius 2 is 1.76 bits per heavy atom. The van der Waals surface area contributed by atoms with Crippen LogP contribution in [0.1, 0.15) is 16.1 Å². The van der Waals surface area contributed by atoms with Crippen molar-refractivity contribution in [3.63, 3.8) is 0 Å². The Balaban J connectivity index is 1.34. The highest BCUT2D eigenvalue weighted by Crippen LogP contribution is 2.32. The molecule has 7 heteroatoms. The zero-order valence-electron chi connectivity index (χ0n) is 16.3. The van der Waals surface area contributed by atoms with Gasteiger partial charge in [-0.1, -0.05) is 6.07 Å². The molecular formula is C22H22N4O3. The fraction of sp³-hybridized carbons (Fsp3) is 0.182. The molecule has 7 nitrogen and oxygen atoms in total. The summed E-state index contributed by atoms with van der Waals surface area (Å²) in [5, 5.41) is 6.15. The zero-order valence-corrected chi connectivity index (χ0v) is 16.3. The van der Waals surface area contributed by atoms with E-state index < -0.39 is 0 Å². The van der Waals surface area contributed by atoms with Gasteiger partial charge in [-0.15, -0.1) is 0 Å². The van der Waals surface area contributed by atoms with E-state index in [0.717, 1.165) is 34.1 Å². The van der Waals surface area contributed by atoms with Gasteiger partial charge in [-0.25, -0.2) is 4.98 Å². The largest absolute Gasteiger partial charge is 0.454 e. The molecule has 0 saturated carbocycles. The monoisotopic (exact) mass is 390 g/mol. The number of nitrogens with one attached hydrogen (secondary N) is 2. The maximum Gasteiger partial charge on any atom is 0.274 e. The molecule has 0 saturated heterocycles. The molecule has 0 radical (unpaired) electrons. The minimum absolute atomic E-state index is 0.245. The molecule has 2 aromatic carbocycles. The van der Waals surface area contributed by atoms with E-state index in [1.54, 1.807) is 12.3 Å². The van der Waals surface area contributed by atoms with E-state index in [0.29, 0.717) is 12.2 Å². The molecule has 3 aromatic rings. The number of ether oxygens (including phenoxy) is 2. The summed E-state index contributed by atoms with van der Waals surface area (Å²) in [7, 11) is 3.94. The number of carbonyl (C=O) groups excluding carboxylic acids is 1. The smallest absolute Gasteiger partial charge is 0.274 e. The molecule has 2 N–H and O–H groups in total. The summed E-state index contributed by atoms with van der Waals surface area (Å²) in [6.45, 7) is 0.877. The van der Waals surface area contributed by atoms with Gasteiger partial charge in [0.1, 0.15) is 5.69 Å². The average Bonchev–Trinajstić information content (AvgIpc) is 3.21. The van der Waals surface area contributed by atoms with Crippen molar-refractivity contribution < 1.29 is 14.3 Å². The van der Waals surface area contributed by atoms with Crippen LogP contribution in [0.4, 0.5) is 17.1 Å². The quantitative estimate of drug-likeness (QED) is 0.668. The van der Waals surface area contributed by atoms with Gasteiger partial charge in [-0.3, -0.25) is 4.79 Å². The highest BCUT2D eigenvalue weighted by molar-refractivity contribution is 6.03. The van der Waals surface area contributed by atoms with Crippen molar-refractivity contribution in [3.8, 4) is 11.5 Å². The lowest BCUT2D eigenvalue weighted by atomic mass is 10.2. The number of rotatable bonds is 6. The number of aromatic nitrogens is 1. The van der Waals surface area contributed by atoms with E-state index in [9.17, 15) is 4.79 Å². The number of nitrogens with zero attached hydrogens (tertiary/aromatic N) is 2. The van der Waals surface area contributed by atoms with Crippen LogP contribution < -0.4 is 25.0 Å². The summed E-state index contributed by atoms with van der Waals surface area (Å²) >= 11 is 0. The molecule has 2 heterocycles. The van der Waals surface area contributed by atoms with Crippen molar-refractivity contribution in [1.29, 1.82) is 0 Å². The lowest BCUT2D eigenvalue weighted by Crippen LogP contribution is -2.14. The molecule has 0 bridgehead atoms. The number of hydrogen-bond donors (Lipinski definition) is 2. The van der Waals surface area contributed by atoms with Crippen LogP contribution in [-0.2, 0) is 6.54 Å². The third-order valence-electron chi connectivity index (χ3n) is 4.57. The Hall–Kier alpha value is -3.74. The highest BCUT2D eigenvalue weighted by Gasteiger charge is 2.13. The summed E-state index contributed by atoms with van der Waals surface area (Å²) < 4.78 is 10.7. The van der Waals surface area contributed by atoms with Crippen molar-refractivity contribution in [3.05, 3.63) is 72.1 Å². The molecule has 1 amide bonds. The first kappa shape index (κ1) is 18.6. The van der Waals surface area contributed by atoms with Crippen molar-refractivity contribution in [2.75, 3.05) is 36.4 Å². The highest BCUT2D eigenvalue weighted by atomic mass is 16.7. The van der Waals surface area contributed by atoms with Crippen LogP contribution in [0.3, 0.4) is 0 Å². The van der Waals surface area contributed by atoms with Crippen LogP contribution >= 0.6 is 0 Å². The second-order valence-corrected chi connectivity index (χ2v) is 6.87. The molecular weight excluding hydrogens is 368 g/mol. The maximum absolute atomic E-state index is 12.4. The van der Waals surface area contributed by atoms with Gasteiger partial charge in [0.15, 0.2) is 11.5 Å². The normalized spacial score (nSPS) is 11.8. The number of benzene rings is 2. The number of fused-ring (bicyclic) bond motifs is 1. The predicted molar refractivity (Wildman–Crippen MR) is 113 cm³/mol. The molecule has 0 unspecified atom stereocenters. The minimum atomic E-state index is -0.245. The number of carbonyl (C=O) groups is 1. The van der Waals surface area contributed by atoms with Gasteiger partial charge in [0.25, 0.3) is 5.91 Å². The molecule has 0 atom stereocenters. The third-order valence-corrected chi connectivity index (χ3v) is 4.57. The Kier molecular flexibility index (Phi) is 5.20. The zero-order chi connectivity index (χ0) is 20.2. The van der Waals surface area contributed by atoms with Gasteiger partial charge < -0.3 is 25.0 Å². The second kappa shape index (κ2) is 8.10. The van der Waals surface area contributed by atoms with Gasteiger partial charge in [0, 0.05) is 32.0 Å². The molecule has 0 spiro atoms. The van der Waals surface area contributed by atoms with Gasteiger partial charge >= 0.3 is 0 Å². The Bertz CT molecular complexity index is 1000. The molecule has 29 heavy (non-hydrogen) atoms. The number of hydrogen-bond acceptors (Lipinski definition) is 6. The standard InChI is InChI=1S/C22H22N4O3/c1-26(2)18-7-4-16(5-8-18)25-22(27)19-9-6-17(13-24-19)23-12-15-3-10-20-21(11-15)29-14-28-20/h3-11,13,23H,12,14H2,1-2H3,(H,25,27). The Morgan fingerprint density at radius 3 is 2.48 bits per heavy atom. The molecule has 1 aliphatic rings. The van der Waals surface area contributed by atoms with Crippen LogP contribution in [-0.4, -0.2) is 31.8 Å². The molecule has 0 aliphatic carbocycles. The first-order chi connectivity index (χ1) is 14.1. The van der Waals surface area contributed by atoms with Crippen molar-refractivity contribution in [1.82, 2.24) is 4.98 Å². The molecule has 4 rings (SSSR count). The first-order valence-electron chi connectivity index (χ1n) is 9.26. The van der Waals surface area contributed by atoms with Crippen molar-refractivity contribution in [2.24, 2.45) is 0 Å². The summed E-state index contributed by atoms with van der Waals surface area (Å²) in [6.07, 6.45) is 1.65. The van der Waals surface area contributed by atoms with Crippen LogP contribution in [0, 0.1) is 0 Å². The van der Waals surface area contributed by atoms with Crippen molar-refractivity contribution >= 4 is 23.0 Å². The summed E-state index contributed by atoms with van der Waals surface area (Å²) in [6, 6.07) is 17.0. The van der Waals surface area contributed by atoms with Crippen LogP contribution in [0.25, 0.3) is 0 Å². The SMILES string of the molecule is CN(C)c1ccc(NC(=O)c2ccc(NCc3ccc4c(c3)OCO4)cn2)cc1. The predicted octanol–water partition coefficient (Wildman–Crippen LogP) is 3.74. The van der Waals surface area contributed by atoms with Gasteiger partial charge in [-0.05, 0) is 54.1 Å². The van der Waals surface area contributed by atoms with Crippen LogP contribution in [0.15, 0.2) is 60.8 Å². The second-order valence-electron chi connectivity index (χ2n) is 6.87. The van der Waals surface area contributed by atoms with E-state index >= 15 is 0 Å². The van der Waals surface area contributed by atoms with Gasteiger partial charge in [0.05, 0.1) is 11.9 Å². The number of anilines is 3. The van der Waals surface area contributed by atoms with E-state index in [-0.39, 0.29) is 12.7 Å².